The Labute approximate surface area is 121 Å². The van der Waals surface area contributed by atoms with Gasteiger partial charge in [0.1, 0.15) is 4.99 Å². The molecule has 1 aromatic rings. The molecule has 0 fully saturated rings. The first-order chi connectivity index (χ1) is 8.29. The zero-order chi connectivity index (χ0) is 13.8. The van der Waals surface area contributed by atoms with E-state index in [1.807, 2.05) is 0 Å². The van der Waals surface area contributed by atoms with Gasteiger partial charge >= 0.3 is 5.51 Å². The minimum atomic E-state index is -4.19. The van der Waals surface area contributed by atoms with E-state index < -0.39 is 5.51 Å². The molecule has 0 aliphatic carbocycles. The van der Waals surface area contributed by atoms with Crippen molar-refractivity contribution in [2.75, 3.05) is 17.6 Å². The van der Waals surface area contributed by atoms with Crippen molar-refractivity contribution in [1.82, 2.24) is 0 Å². The van der Waals surface area contributed by atoms with Crippen LogP contribution < -0.4 is 11.1 Å². The lowest BCUT2D eigenvalue weighted by Crippen LogP contribution is -2.11. The smallest absolute Gasteiger partial charge is 0.389 e. The van der Waals surface area contributed by atoms with Crippen molar-refractivity contribution in [2.24, 2.45) is 5.73 Å². The molecule has 1 aromatic carbocycles. The Morgan fingerprint density at radius 1 is 1.44 bits per heavy atom. The van der Waals surface area contributed by atoms with E-state index in [1.54, 1.807) is 18.2 Å². The van der Waals surface area contributed by atoms with Crippen molar-refractivity contribution in [3.8, 4) is 0 Å². The summed E-state index contributed by atoms with van der Waals surface area (Å²) in [5.74, 6) is -0.0486. The van der Waals surface area contributed by atoms with Crippen LogP contribution in [0, 0.1) is 0 Å². The van der Waals surface area contributed by atoms with E-state index in [9.17, 15) is 13.2 Å². The van der Waals surface area contributed by atoms with Crippen molar-refractivity contribution in [1.29, 1.82) is 0 Å². The first-order valence-corrected chi connectivity index (χ1v) is 7.02. The van der Waals surface area contributed by atoms with Crippen LogP contribution in [0.4, 0.5) is 18.9 Å². The van der Waals surface area contributed by atoms with Crippen LogP contribution in [0.15, 0.2) is 22.7 Å². The Bertz CT molecular complexity index is 438. The number of rotatable bonds is 5. The van der Waals surface area contributed by atoms with Gasteiger partial charge in [0.25, 0.3) is 0 Å². The zero-order valence-electron chi connectivity index (χ0n) is 9.05. The minimum absolute atomic E-state index is 0.0486. The van der Waals surface area contributed by atoms with Gasteiger partial charge in [0.2, 0.25) is 0 Å². The van der Waals surface area contributed by atoms with Crippen LogP contribution >= 0.6 is 39.9 Å². The number of benzene rings is 1. The van der Waals surface area contributed by atoms with E-state index in [0.29, 0.717) is 15.7 Å². The average Bonchev–Trinajstić information content (AvgIpc) is 2.24. The van der Waals surface area contributed by atoms with Crippen LogP contribution in [0.1, 0.15) is 5.56 Å². The Kier molecular flexibility index (Phi) is 5.74. The summed E-state index contributed by atoms with van der Waals surface area (Å²) >= 11 is 8.07. The van der Waals surface area contributed by atoms with Gasteiger partial charge in [-0.15, -0.1) is 0 Å². The molecular weight excluding hydrogens is 349 g/mol. The summed E-state index contributed by atoms with van der Waals surface area (Å²) in [4.78, 5) is 0.273. The lowest BCUT2D eigenvalue weighted by atomic mass is 10.2. The predicted molar refractivity (Wildman–Crippen MR) is 77.0 cm³/mol. The molecule has 0 amide bonds. The predicted octanol–water partition coefficient (Wildman–Crippen LogP) is 3.75. The van der Waals surface area contributed by atoms with Crippen LogP contribution in [0.3, 0.4) is 0 Å². The molecule has 0 unspecified atom stereocenters. The summed E-state index contributed by atoms with van der Waals surface area (Å²) < 4.78 is 36.4. The molecule has 0 saturated heterocycles. The van der Waals surface area contributed by atoms with E-state index in [-0.39, 0.29) is 29.0 Å². The summed E-state index contributed by atoms with van der Waals surface area (Å²) in [6.07, 6.45) is 0. The molecule has 0 aliphatic rings. The second kappa shape index (κ2) is 6.63. The topological polar surface area (TPSA) is 38.0 Å². The fourth-order valence-electron chi connectivity index (χ4n) is 1.16. The van der Waals surface area contributed by atoms with Crippen LogP contribution in [0.25, 0.3) is 0 Å². The number of hydrogen-bond donors (Lipinski definition) is 2. The van der Waals surface area contributed by atoms with Gasteiger partial charge in [0, 0.05) is 28.0 Å². The molecule has 3 N–H and O–H groups in total. The number of alkyl halides is 3. The zero-order valence-corrected chi connectivity index (χ0v) is 12.3. The normalized spacial score (nSPS) is 11.3. The van der Waals surface area contributed by atoms with Gasteiger partial charge in [-0.05, 0) is 45.9 Å². The van der Waals surface area contributed by atoms with Gasteiger partial charge < -0.3 is 11.1 Å². The summed E-state index contributed by atoms with van der Waals surface area (Å²) in [6, 6.07) is 5.16. The first-order valence-electron chi connectivity index (χ1n) is 4.83. The van der Waals surface area contributed by atoms with Crippen LogP contribution in [-0.4, -0.2) is 22.8 Å². The SMILES string of the molecule is NC(=S)c1ccc(NCCSC(F)(F)F)c(Br)c1. The highest BCUT2D eigenvalue weighted by Crippen LogP contribution is 2.30. The molecule has 0 aromatic heterocycles. The molecule has 1 rings (SSSR count). The number of anilines is 1. The molecule has 0 saturated carbocycles. The van der Waals surface area contributed by atoms with Crippen molar-refractivity contribution < 1.29 is 13.2 Å². The molecule has 0 atom stereocenters. The monoisotopic (exact) mass is 358 g/mol. The Morgan fingerprint density at radius 3 is 2.61 bits per heavy atom. The Morgan fingerprint density at radius 2 is 2.11 bits per heavy atom. The first kappa shape index (κ1) is 15.6. The average molecular weight is 359 g/mol. The molecule has 100 valence electrons. The molecule has 2 nitrogen and oxygen atoms in total. The fourth-order valence-corrected chi connectivity index (χ4v) is 2.25. The highest BCUT2D eigenvalue weighted by atomic mass is 79.9. The maximum absolute atomic E-state index is 11.9. The number of nitrogens with one attached hydrogen (secondary N) is 1. The molecule has 0 radical (unpaired) electrons. The van der Waals surface area contributed by atoms with Gasteiger partial charge in [0.15, 0.2) is 0 Å². The third-order valence-corrected chi connectivity index (χ3v) is 3.56. The van der Waals surface area contributed by atoms with Crippen LogP contribution in [0.2, 0.25) is 0 Å². The summed E-state index contributed by atoms with van der Waals surface area (Å²) in [5.41, 5.74) is 2.69. The molecule has 0 bridgehead atoms. The largest absolute Gasteiger partial charge is 0.441 e. The number of nitrogens with two attached hydrogens (primary N) is 1. The molecule has 0 spiro atoms. The van der Waals surface area contributed by atoms with Crippen LogP contribution in [0.5, 0.6) is 0 Å². The number of hydrogen-bond acceptors (Lipinski definition) is 3. The second-order valence-corrected chi connectivity index (χ2v) is 5.73. The van der Waals surface area contributed by atoms with E-state index in [1.165, 1.54) is 0 Å². The van der Waals surface area contributed by atoms with Crippen molar-refractivity contribution >= 4 is 50.6 Å². The number of halogens is 4. The summed E-state index contributed by atoms with van der Waals surface area (Å²) in [7, 11) is 0. The van der Waals surface area contributed by atoms with Crippen LogP contribution in [-0.2, 0) is 0 Å². The molecular formula is C10H10BrF3N2S2. The highest BCUT2D eigenvalue weighted by molar-refractivity contribution is 9.10. The second-order valence-electron chi connectivity index (χ2n) is 3.28. The third-order valence-electron chi connectivity index (χ3n) is 1.94. The van der Waals surface area contributed by atoms with Crippen molar-refractivity contribution in [3.05, 3.63) is 28.2 Å². The van der Waals surface area contributed by atoms with Gasteiger partial charge in [-0.25, -0.2) is 0 Å². The third kappa shape index (κ3) is 5.45. The summed E-state index contributed by atoms with van der Waals surface area (Å²) in [5, 5.41) is 2.90. The summed E-state index contributed by atoms with van der Waals surface area (Å²) in [6.45, 7) is 0.217. The van der Waals surface area contributed by atoms with E-state index >= 15 is 0 Å². The van der Waals surface area contributed by atoms with Gasteiger partial charge in [-0.3, -0.25) is 0 Å². The van der Waals surface area contributed by atoms with Crippen molar-refractivity contribution in [3.63, 3.8) is 0 Å². The molecule has 18 heavy (non-hydrogen) atoms. The minimum Gasteiger partial charge on any atom is -0.389 e. The Hall–Kier alpha value is -0.470. The maximum atomic E-state index is 11.9. The van der Waals surface area contributed by atoms with E-state index in [4.69, 9.17) is 18.0 Å². The van der Waals surface area contributed by atoms with E-state index in [2.05, 4.69) is 21.2 Å². The van der Waals surface area contributed by atoms with Gasteiger partial charge in [-0.1, -0.05) is 12.2 Å². The molecule has 0 heterocycles. The number of thioether (sulfide) groups is 1. The van der Waals surface area contributed by atoms with Crippen molar-refractivity contribution in [2.45, 2.75) is 5.51 Å². The Balaban J connectivity index is 2.51. The standard InChI is InChI=1S/C10H10BrF3N2S2/c11-7-5-6(9(15)17)1-2-8(7)16-3-4-18-10(12,13)14/h1-2,5,16H,3-4H2,(H2,15,17). The molecule has 0 aliphatic heterocycles. The lowest BCUT2D eigenvalue weighted by Gasteiger charge is -2.10. The van der Waals surface area contributed by atoms with E-state index in [0.717, 1.165) is 0 Å². The molecule has 8 heteroatoms. The quantitative estimate of drug-likeness (QED) is 0.620. The maximum Gasteiger partial charge on any atom is 0.441 e. The fraction of sp³-hybridized carbons (Fsp3) is 0.300. The lowest BCUT2D eigenvalue weighted by molar-refractivity contribution is -0.0327. The number of thiocarbonyl (C=S) groups is 1. The van der Waals surface area contributed by atoms with Gasteiger partial charge in [-0.2, -0.15) is 13.2 Å². The highest BCUT2D eigenvalue weighted by Gasteiger charge is 2.27. The van der Waals surface area contributed by atoms with Gasteiger partial charge in [0.05, 0.1) is 0 Å².